The predicted molar refractivity (Wildman–Crippen MR) is 48.3 cm³/mol. The van der Waals surface area contributed by atoms with Gasteiger partial charge in [-0.05, 0) is 38.5 Å². The molecule has 11 heavy (non-hydrogen) atoms. The lowest BCUT2D eigenvalue weighted by Crippen LogP contribution is -2.13. The molecule has 0 heterocycles. The van der Waals surface area contributed by atoms with E-state index in [1.807, 2.05) is 0 Å². The Balaban J connectivity index is 2.30. The van der Waals surface area contributed by atoms with E-state index in [2.05, 4.69) is 26.0 Å². The van der Waals surface area contributed by atoms with Crippen molar-refractivity contribution in [3.05, 3.63) is 23.3 Å². The molecule has 0 aromatic heterocycles. The van der Waals surface area contributed by atoms with Crippen LogP contribution >= 0.6 is 0 Å². The summed E-state index contributed by atoms with van der Waals surface area (Å²) in [5.74, 6) is 1.81. The highest BCUT2D eigenvalue weighted by atomic mass is 14.3. The molecule has 0 N–H and O–H groups in total. The van der Waals surface area contributed by atoms with E-state index in [0.717, 1.165) is 11.8 Å². The first-order valence-electron chi connectivity index (χ1n) is 4.64. The molecule has 2 aliphatic rings. The number of rotatable bonds is 0. The fourth-order valence-electron chi connectivity index (χ4n) is 2.56. The van der Waals surface area contributed by atoms with Crippen molar-refractivity contribution in [2.24, 2.45) is 11.8 Å². The van der Waals surface area contributed by atoms with Crippen molar-refractivity contribution in [3.8, 4) is 0 Å². The molecule has 0 aromatic carbocycles. The highest BCUT2D eigenvalue weighted by Gasteiger charge is 2.30. The van der Waals surface area contributed by atoms with Crippen LogP contribution in [0.15, 0.2) is 23.3 Å². The first-order valence-corrected chi connectivity index (χ1v) is 4.64. The lowest BCUT2D eigenvalue weighted by Gasteiger charge is -2.24. The van der Waals surface area contributed by atoms with E-state index in [4.69, 9.17) is 0 Å². The Labute approximate surface area is 69.0 Å². The van der Waals surface area contributed by atoms with Crippen molar-refractivity contribution in [1.82, 2.24) is 0 Å². The molecule has 2 unspecified atom stereocenters. The Morgan fingerprint density at radius 2 is 1.45 bits per heavy atom. The summed E-state index contributed by atoms with van der Waals surface area (Å²) in [4.78, 5) is 0. The van der Waals surface area contributed by atoms with E-state index in [1.165, 1.54) is 19.3 Å². The van der Waals surface area contributed by atoms with Crippen LogP contribution in [0.1, 0.15) is 33.1 Å². The quantitative estimate of drug-likeness (QED) is 0.494. The summed E-state index contributed by atoms with van der Waals surface area (Å²) in [6.45, 7) is 4.57. The van der Waals surface area contributed by atoms with E-state index in [0.29, 0.717) is 0 Å². The molecule has 1 fully saturated rings. The minimum Gasteiger partial charge on any atom is -0.0696 e. The smallest absolute Gasteiger partial charge is 0.0137 e. The number of hydrogen-bond acceptors (Lipinski definition) is 0. The van der Waals surface area contributed by atoms with Crippen LogP contribution in [0, 0.1) is 11.8 Å². The second-order valence-electron chi connectivity index (χ2n) is 3.97. The van der Waals surface area contributed by atoms with E-state index >= 15 is 0 Å². The van der Waals surface area contributed by atoms with E-state index in [9.17, 15) is 0 Å². The lowest BCUT2D eigenvalue weighted by molar-refractivity contribution is 0.496. The van der Waals surface area contributed by atoms with Crippen LogP contribution in [0.2, 0.25) is 0 Å². The van der Waals surface area contributed by atoms with Gasteiger partial charge in [0.05, 0.1) is 0 Å². The number of allylic oxidation sites excluding steroid dienone is 4. The van der Waals surface area contributed by atoms with E-state index in [1.54, 1.807) is 11.1 Å². The molecule has 0 radical (unpaired) electrons. The van der Waals surface area contributed by atoms with E-state index < -0.39 is 0 Å². The first kappa shape index (κ1) is 7.15. The van der Waals surface area contributed by atoms with Crippen LogP contribution in [0.4, 0.5) is 0 Å². The summed E-state index contributed by atoms with van der Waals surface area (Å²) in [5, 5.41) is 0. The molecule has 0 saturated heterocycles. The fourth-order valence-corrected chi connectivity index (χ4v) is 2.56. The minimum absolute atomic E-state index is 0.903. The molecule has 0 heteroatoms. The third-order valence-corrected chi connectivity index (χ3v) is 3.29. The molecule has 60 valence electrons. The molecular weight excluding hydrogens is 132 g/mol. The SMILES string of the molecule is CC1=CC=C(C)C2CCCC12. The first-order chi connectivity index (χ1) is 5.29. The van der Waals surface area contributed by atoms with Crippen LogP contribution in [0.5, 0.6) is 0 Å². The number of fused-ring (bicyclic) bond motifs is 1. The molecule has 0 bridgehead atoms. The maximum atomic E-state index is 2.31. The summed E-state index contributed by atoms with van der Waals surface area (Å²) in [6.07, 6.45) is 8.91. The predicted octanol–water partition coefficient (Wildman–Crippen LogP) is 3.31. The van der Waals surface area contributed by atoms with Gasteiger partial charge in [-0.3, -0.25) is 0 Å². The Morgan fingerprint density at radius 1 is 1.00 bits per heavy atom. The highest BCUT2D eigenvalue weighted by molar-refractivity contribution is 5.28. The van der Waals surface area contributed by atoms with Crippen LogP contribution in [0.3, 0.4) is 0 Å². The zero-order chi connectivity index (χ0) is 7.84. The fraction of sp³-hybridized carbons (Fsp3) is 0.636. The molecule has 0 spiro atoms. The Bertz CT molecular complexity index is 196. The average Bonchev–Trinajstić information content (AvgIpc) is 2.45. The van der Waals surface area contributed by atoms with Crippen molar-refractivity contribution in [2.45, 2.75) is 33.1 Å². The molecule has 0 nitrogen and oxygen atoms in total. The molecule has 1 saturated carbocycles. The van der Waals surface area contributed by atoms with Gasteiger partial charge in [-0.25, -0.2) is 0 Å². The van der Waals surface area contributed by atoms with Crippen molar-refractivity contribution in [3.63, 3.8) is 0 Å². The molecule has 2 atom stereocenters. The van der Waals surface area contributed by atoms with Crippen molar-refractivity contribution in [1.29, 1.82) is 0 Å². The van der Waals surface area contributed by atoms with Gasteiger partial charge < -0.3 is 0 Å². The molecule has 2 aliphatic carbocycles. The summed E-state index contributed by atoms with van der Waals surface area (Å²) < 4.78 is 0. The maximum Gasteiger partial charge on any atom is -0.0137 e. The topological polar surface area (TPSA) is 0 Å². The summed E-state index contributed by atoms with van der Waals surface area (Å²) >= 11 is 0. The van der Waals surface area contributed by atoms with Gasteiger partial charge in [-0.15, -0.1) is 0 Å². The van der Waals surface area contributed by atoms with E-state index in [-0.39, 0.29) is 0 Å². The molecule has 0 aromatic rings. The molecule has 2 rings (SSSR count). The summed E-state index contributed by atoms with van der Waals surface area (Å²) in [5.41, 5.74) is 3.22. The van der Waals surface area contributed by atoms with Crippen LogP contribution < -0.4 is 0 Å². The van der Waals surface area contributed by atoms with Crippen molar-refractivity contribution in [2.75, 3.05) is 0 Å². The second-order valence-corrected chi connectivity index (χ2v) is 3.97. The van der Waals surface area contributed by atoms with Crippen molar-refractivity contribution >= 4 is 0 Å². The molecule has 0 aliphatic heterocycles. The number of hydrogen-bond donors (Lipinski definition) is 0. The Morgan fingerprint density at radius 3 is 1.91 bits per heavy atom. The van der Waals surface area contributed by atoms with Gasteiger partial charge in [0, 0.05) is 0 Å². The lowest BCUT2D eigenvalue weighted by atomic mass is 9.81. The van der Waals surface area contributed by atoms with Gasteiger partial charge in [-0.2, -0.15) is 0 Å². The van der Waals surface area contributed by atoms with Gasteiger partial charge in [0.15, 0.2) is 0 Å². The monoisotopic (exact) mass is 148 g/mol. The van der Waals surface area contributed by atoms with Crippen LogP contribution in [0.25, 0.3) is 0 Å². The summed E-state index contributed by atoms with van der Waals surface area (Å²) in [6, 6.07) is 0. The normalized spacial score (nSPS) is 36.2. The molecular formula is C11H16. The Kier molecular flexibility index (Phi) is 1.63. The molecule has 0 amide bonds. The largest absolute Gasteiger partial charge is 0.0696 e. The van der Waals surface area contributed by atoms with Gasteiger partial charge in [-0.1, -0.05) is 29.7 Å². The zero-order valence-corrected chi connectivity index (χ0v) is 7.43. The van der Waals surface area contributed by atoms with Crippen LogP contribution in [-0.4, -0.2) is 0 Å². The minimum atomic E-state index is 0.903. The van der Waals surface area contributed by atoms with Gasteiger partial charge in [0.1, 0.15) is 0 Å². The summed E-state index contributed by atoms with van der Waals surface area (Å²) in [7, 11) is 0. The van der Waals surface area contributed by atoms with Crippen LogP contribution in [-0.2, 0) is 0 Å². The van der Waals surface area contributed by atoms with Crippen molar-refractivity contribution < 1.29 is 0 Å². The third-order valence-electron chi connectivity index (χ3n) is 3.29. The highest BCUT2D eigenvalue weighted by Crippen LogP contribution is 2.42. The standard InChI is InChI=1S/C11H16/c1-8-6-7-9(2)11-5-3-4-10(8)11/h6-7,10-11H,3-5H2,1-2H3. The third kappa shape index (κ3) is 1.05. The van der Waals surface area contributed by atoms with Gasteiger partial charge in [0.2, 0.25) is 0 Å². The maximum absolute atomic E-state index is 2.31. The van der Waals surface area contributed by atoms with Gasteiger partial charge >= 0.3 is 0 Å². The zero-order valence-electron chi connectivity index (χ0n) is 7.43. The van der Waals surface area contributed by atoms with Gasteiger partial charge in [0.25, 0.3) is 0 Å². The average molecular weight is 148 g/mol. The second kappa shape index (κ2) is 2.51. The Hall–Kier alpha value is -0.520.